The van der Waals surface area contributed by atoms with Gasteiger partial charge >= 0.3 is 0 Å². The van der Waals surface area contributed by atoms with Crippen LogP contribution in [0.3, 0.4) is 0 Å². The molecule has 1 aliphatic rings. The summed E-state index contributed by atoms with van der Waals surface area (Å²) in [5.74, 6) is 0.611. The first kappa shape index (κ1) is 17.0. The first-order valence-electron chi connectivity index (χ1n) is 7.31. The van der Waals surface area contributed by atoms with Gasteiger partial charge in [-0.05, 0) is 47.7 Å². The third kappa shape index (κ3) is 3.21. The van der Waals surface area contributed by atoms with E-state index in [0.717, 1.165) is 19.3 Å². The number of hydrogen-bond donors (Lipinski definition) is 1. The van der Waals surface area contributed by atoms with Crippen molar-refractivity contribution in [3.63, 3.8) is 0 Å². The highest BCUT2D eigenvalue weighted by molar-refractivity contribution is 9.10. The average molecular weight is 379 g/mol. The Morgan fingerprint density at radius 2 is 2.10 bits per heavy atom. The van der Waals surface area contributed by atoms with Gasteiger partial charge in [-0.2, -0.15) is 4.31 Å². The molecule has 0 spiro atoms. The summed E-state index contributed by atoms with van der Waals surface area (Å²) in [6, 6.07) is 1.60. The fourth-order valence-corrected chi connectivity index (χ4v) is 5.42. The lowest BCUT2D eigenvalue weighted by molar-refractivity contribution is 0.279. The van der Waals surface area contributed by atoms with Crippen LogP contribution in [0.1, 0.15) is 38.9 Å². The van der Waals surface area contributed by atoms with Gasteiger partial charge < -0.3 is 9.73 Å². The standard InChI is InChI=1S/C14H23BrN2O3S/c1-4-14(5-2)6-7-17(10-14)21(18,19)12-8-11(9-16-3)20-13(12)15/h8,16H,4-7,9-10H2,1-3H3. The molecule has 0 atom stereocenters. The second kappa shape index (κ2) is 6.40. The van der Waals surface area contributed by atoms with Gasteiger partial charge in [0.05, 0.1) is 6.54 Å². The summed E-state index contributed by atoms with van der Waals surface area (Å²) in [7, 11) is -1.70. The third-order valence-electron chi connectivity index (χ3n) is 4.58. The molecule has 0 amide bonds. The quantitative estimate of drug-likeness (QED) is 0.826. The SMILES string of the molecule is CCC1(CC)CCN(S(=O)(=O)c2cc(CNC)oc2Br)C1. The zero-order valence-corrected chi connectivity index (χ0v) is 15.2. The molecule has 1 aliphatic heterocycles. The highest BCUT2D eigenvalue weighted by atomic mass is 79.9. The van der Waals surface area contributed by atoms with Crippen LogP contribution in [-0.2, 0) is 16.6 Å². The lowest BCUT2D eigenvalue weighted by Crippen LogP contribution is -2.31. The number of sulfonamides is 1. The maximum Gasteiger partial charge on any atom is 0.247 e. The zero-order valence-electron chi connectivity index (χ0n) is 12.8. The Morgan fingerprint density at radius 1 is 1.43 bits per heavy atom. The fraction of sp³-hybridized carbons (Fsp3) is 0.714. The van der Waals surface area contributed by atoms with E-state index in [-0.39, 0.29) is 10.3 Å². The summed E-state index contributed by atoms with van der Waals surface area (Å²) in [6.45, 7) is 5.96. The maximum atomic E-state index is 12.8. The Morgan fingerprint density at radius 3 is 2.62 bits per heavy atom. The van der Waals surface area contributed by atoms with Gasteiger partial charge in [0, 0.05) is 19.2 Å². The summed E-state index contributed by atoms with van der Waals surface area (Å²) >= 11 is 3.23. The molecule has 2 rings (SSSR count). The Labute approximate surface area is 135 Å². The first-order valence-corrected chi connectivity index (χ1v) is 9.55. The monoisotopic (exact) mass is 378 g/mol. The molecule has 1 saturated heterocycles. The van der Waals surface area contributed by atoms with Crippen LogP contribution >= 0.6 is 15.9 Å². The molecule has 5 nitrogen and oxygen atoms in total. The minimum Gasteiger partial charge on any atom is -0.452 e. The van der Waals surface area contributed by atoms with Crippen LogP contribution in [0.4, 0.5) is 0 Å². The Kier molecular flexibility index (Phi) is 5.18. The molecule has 1 fully saturated rings. The first-order chi connectivity index (χ1) is 9.88. The number of furan rings is 1. The van der Waals surface area contributed by atoms with E-state index < -0.39 is 10.0 Å². The van der Waals surface area contributed by atoms with Crippen LogP contribution in [0, 0.1) is 5.41 Å². The molecular weight excluding hydrogens is 356 g/mol. The van der Waals surface area contributed by atoms with Gasteiger partial charge in [0.15, 0.2) is 4.67 Å². The second-order valence-corrected chi connectivity index (χ2v) is 8.30. The fourth-order valence-electron chi connectivity index (χ4n) is 2.90. The molecule has 120 valence electrons. The zero-order chi connectivity index (χ0) is 15.7. The minimum absolute atomic E-state index is 0.122. The maximum absolute atomic E-state index is 12.8. The summed E-state index contributed by atoms with van der Waals surface area (Å²) in [4.78, 5) is 0.232. The molecule has 1 N–H and O–H groups in total. The van der Waals surface area contributed by atoms with Crippen LogP contribution in [-0.4, -0.2) is 32.9 Å². The molecule has 0 saturated carbocycles. The van der Waals surface area contributed by atoms with Crippen molar-refractivity contribution in [1.82, 2.24) is 9.62 Å². The van der Waals surface area contributed by atoms with Crippen molar-refractivity contribution in [2.75, 3.05) is 20.1 Å². The van der Waals surface area contributed by atoms with Gasteiger partial charge in [-0.1, -0.05) is 13.8 Å². The van der Waals surface area contributed by atoms with Crippen LogP contribution in [0.25, 0.3) is 0 Å². The second-order valence-electron chi connectivity index (χ2n) is 5.68. The van der Waals surface area contributed by atoms with Gasteiger partial charge in [-0.25, -0.2) is 8.42 Å². The molecular formula is C14H23BrN2O3S. The topological polar surface area (TPSA) is 62.6 Å². The molecule has 21 heavy (non-hydrogen) atoms. The molecule has 1 aromatic rings. The van der Waals surface area contributed by atoms with Gasteiger partial charge in [-0.15, -0.1) is 0 Å². The Balaban J connectivity index is 2.27. The van der Waals surface area contributed by atoms with Gasteiger partial charge in [0.1, 0.15) is 10.7 Å². The van der Waals surface area contributed by atoms with Gasteiger partial charge in [0.25, 0.3) is 0 Å². The lowest BCUT2D eigenvalue weighted by atomic mass is 9.82. The van der Waals surface area contributed by atoms with E-state index in [1.165, 1.54) is 0 Å². The molecule has 1 aromatic heterocycles. The van der Waals surface area contributed by atoms with E-state index in [9.17, 15) is 8.42 Å². The van der Waals surface area contributed by atoms with Crippen LogP contribution < -0.4 is 5.32 Å². The van der Waals surface area contributed by atoms with Crippen molar-refractivity contribution in [1.29, 1.82) is 0 Å². The number of hydrogen-bond acceptors (Lipinski definition) is 4. The van der Waals surface area contributed by atoms with Gasteiger partial charge in [-0.3, -0.25) is 0 Å². The molecule has 0 aliphatic carbocycles. The molecule has 0 aromatic carbocycles. The molecule has 0 radical (unpaired) electrons. The van der Waals surface area contributed by atoms with Crippen molar-refractivity contribution in [3.05, 3.63) is 16.5 Å². The average Bonchev–Trinajstić information content (AvgIpc) is 3.04. The van der Waals surface area contributed by atoms with Crippen molar-refractivity contribution in [3.8, 4) is 0 Å². The highest BCUT2D eigenvalue weighted by Crippen LogP contribution is 2.40. The summed E-state index contributed by atoms with van der Waals surface area (Å²) in [6.07, 6.45) is 2.94. The van der Waals surface area contributed by atoms with E-state index in [4.69, 9.17) is 4.42 Å². The van der Waals surface area contributed by atoms with E-state index >= 15 is 0 Å². The molecule has 7 heteroatoms. The van der Waals surface area contributed by atoms with E-state index in [1.807, 2.05) is 0 Å². The van der Waals surface area contributed by atoms with Crippen LogP contribution in [0.5, 0.6) is 0 Å². The van der Waals surface area contributed by atoms with Crippen LogP contribution in [0.15, 0.2) is 20.0 Å². The number of rotatable bonds is 6. The number of nitrogens with zero attached hydrogens (tertiary/aromatic N) is 1. The number of halogens is 1. The normalized spacial score (nSPS) is 19.2. The summed E-state index contributed by atoms with van der Waals surface area (Å²) < 4.78 is 33.0. The van der Waals surface area contributed by atoms with Crippen molar-refractivity contribution in [2.45, 2.75) is 44.6 Å². The Bertz CT molecular complexity index is 593. The molecule has 0 bridgehead atoms. The van der Waals surface area contributed by atoms with E-state index in [0.29, 0.717) is 30.1 Å². The van der Waals surface area contributed by atoms with Crippen LogP contribution in [0.2, 0.25) is 0 Å². The number of nitrogens with one attached hydrogen (secondary N) is 1. The summed E-state index contributed by atoms with van der Waals surface area (Å²) in [5.41, 5.74) is 0.122. The molecule has 2 heterocycles. The predicted molar refractivity (Wildman–Crippen MR) is 85.6 cm³/mol. The van der Waals surface area contributed by atoms with E-state index in [1.54, 1.807) is 17.4 Å². The smallest absolute Gasteiger partial charge is 0.247 e. The lowest BCUT2D eigenvalue weighted by Gasteiger charge is -2.26. The van der Waals surface area contributed by atoms with Crippen molar-refractivity contribution < 1.29 is 12.8 Å². The molecule has 0 unspecified atom stereocenters. The Hall–Kier alpha value is -0.370. The third-order valence-corrected chi connectivity index (χ3v) is 7.28. The van der Waals surface area contributed by atoms with E-state index in [2.05, 4.69) is 35.1 Å². The van der Waals surface area contributed by atoms with Gasteiger partial charge in [0.2, 0.25) is 10.0 Å². The minimum atomic E-state index is -3.49. The van der Waals surface area contributed by atoms with Crippen molar-refractivity contribution >= 4 is 26.0 Å². The summed E-state index contributed by atoms with van der Waals surface area (Å²) in [5, 5.41) is 2.95. The van der Waals surface area contributed by atoms with Crippen molar-refractivity contribution in [2.24, 2.45) is 5.41 Å². The predicted octanol–water partition coefficient (Wildman–Crippen LogP) is 2.96. The highest BCUT2D eigenvalue weighted by Gasteiger charge is 2.41. The largest absolute Gasteiger partial charge is 0.452 e.